The Hall–Kier alpha value is -1.35. The van der Waals surface area contributed by atoms with Gasteiger partial charge >= 0.3 is 0 Å². The monoisotopic (exact) mass is 248 g/mol. The maximum absolute atomic E-state index is 11.7. The highest BCUT2D eigenvalue weighted by molar-refractivity contribution is 5.81. The number of rotatable bonds is 7. The number of nitrogens with two attached hydrogens (primary N) is 1. The summed E-state index contributed by atoms with van der Waals surface area (Å²) >= 11 is 0. The Labute approximate surface area is 110 Å². The molecule has 2 atom stereocenters. The van der Waals surface area contributed by atoms with Crippen LogP contribution >= 0.6 is 0 Å². The van der Waals surface area contributed by atoms with Gasteiger partial charge in [0.05, 0.1) is 6.04 Å². The van der Waals surface area contributed by atoms with Gasteiger partial charge in [0.15, 0.2) is 0 Å². The summed E-state index contributed by atoms with van der Waals surface area (Å²) in [5.74, 6) is 0.205. The summed E-state index contributed by atoms with van der Waals surface area (Å²) in [5.41, 5.74) is 7.16. The zero-order valence-electron chi connectivity index (χ0n) is 11.4. The standard InChI is InChI=1S/C15H24N2O/c1-3-12(2)14(16)15(18)17-11-7-10-13-8-5-4-6-9-13/h4-6,8-9,12,14H,3,7,10-11,16H2,1-2H3,(H,17,18)/t12?,14-/m0/s1. The molecule has 0 saturated carbocycles. The van der Waals surface area contributed by atoms with Crippen LogP contribution in [0.25, 0.3) is 0 Å². The fraction of sp³-hybridized carbons (Fsp3) is 0.533. The van der Waals surface area contributed by atoms with Gasteiger partial charge in [-0.3, -0.25) is 4.79 Å². The van der Waals surface area contributed by atoms with E-state index >= 15 is 0 Å². The molecule has 0 saturated heterocycles. The molecule has 3 nitrogen and oxygen atoms in total. The van der Waals surface area contributed by atoms with Gasteiger partial charge in [-0.1, -0.05) is 50.6 Å². The fourth-order valence-corrected chi connectivity index (χ4v) is 1.78. The molecule has 0 heterocycles. The first-order chi connectivity index (χ1) is 8.65. The van der Waals surface area contributed by atoms with Crippen LogP contribution in [-0.2, 0) is 11.2 Å². The third-order valence-corrected chi connectivity index (χ3v) is 3.34. The lowest BCUT2D eigenvalue weighted by Gasteiger charge is -2.17. The average molecular weight is 248 g/mol. The van der Waals surface area contributed by atoms with Gasteiger partial charge in [0.2, 0.25) is 5.91 Å². The van der Waals surface area contributed by atoms with Crippen molar-refractivity contribution in [2.75, 3.05) is 6.54 Å². The van der Waals surface area contributed by atoms with E-state index in [1.54, 1.807) is 0 Å². The zero-order valence-corrected chi connectivity index (χ0v) is 11.4. The summed E-state index contributed by atoms with van der Waals surface area (Å²) in [6, 6.07) is 9.90. The van der Waals surface area contributed by atoms with Crippen molar-refractivity contribution in [2.24, 2.45) is 11.7 Å². The van der Waals surface area contributed by atoms with Crippen molar-refractivity contribution in [1.29, 1.82) is 0 Å². The number of aryl methyl sites for hydroxylation is 1. The highest BCUT2D eigenvalue weighted by Gasteiger charge is 2.18. The van der Waals surface area contributed by atoms with Gasteiger partial charge in [-0.05, 0) is 24.3 Å². The van der Waals surface area contributed by atoms with Gasteiger partial charge in [0, 0.05) is 6.54 Å². The molecule has 1 unspecified atom stereocenters. The minimum Gasteiger partial charge on any atom is -0.355 e. The van der Waals surface area contributed by atoms with Crippen LogP contribution in [0.15, 0.2) is 30.3 Å². The molecular weight excluding hydrogens is 224 g/mol. The maximum atomic E-state index is 11.7. The highest BCUT2D eigenvalue weighted by atomic mass is 16.2. The Balaban J connectivity index is 2.20. The summed E-state index contributed by atoms with van der Waals surface area (Å²) in [7, 11) is 0. The number of hydrogen-bond donors (Lipinski definition) is 2. The number of nitrogens with one attached hydrogen (secondary N) is 1. The summed E-state index contributed by atoms with van der Waals surface area (Å²) in [6.07, 6.45) is 2.86. The van der Waals surface area contributed by atoms with Crippen molar-refractivity contribution < 1.29 is 4.79 Å². The van der Waals surface area contributed by atoms with Crippen LogP contribution in [0.3, 0.4) is 0 Å². The number of benzene rings is 1. The van der Waals surface area contributed by atoms with Crippen LogP contribution in [0.1, 0.15) is 32.3 Å². The molecule has 18 heavy (non-hydrogen) atoms. The van der Waals surface area contributed by atoms with Crippen LogP contribution in [0, 0.1) is 5.92 Å². The lowest BCUT2D eigenvalue weighted by atomic mass is 9.99. The van der Waals surface area contributed by atoms with Crippen molar-refractivity contribution in [3.8, 4) is 0 Å². The van der Waals surface area contributed by atoms with Crippen LogP contribution in [0.2, 0.25) is 0 Å². The van der Waals surface area contributed by atoms with E-state index in [-0.39, 0.29) is 17.9 Å². The van der Waals surface area contributed by atoms with Gasteiger partial charge in [-0.15, -0.1) is 0 Å². The van der Waals surface area contributed by atoms with E-state index in [1.165, 1.54) is 5.56 Å². The predicted molar refractivity (Wildman–Crippen MR) is 75.2 cm³/mol. The largest absolute Gasteiger partial charge is 0.355 e. The third kappa shape index (κ3) is 4.88. The Morgan fingerprint density at radius 3 is 2.61 bits per heavy atom. The topological polar surface area (TPSA) is 55.1 Å². The van der Waals surface area contributed by atoms with E-state index in [4.69, 9.17) is 5.73 Å². The smallest absolute Gasteiger partial charge is 0.237 e. The van der Waals surface area contributed by atoms with Crippen molar-refractivity contribution >= 4 is 5.91 Å². The second-order valence-corrected chi connectivity index (χ2v) is 4.79. The summed E-state index contributed by atoms with van der Waals surface area (Å²) in [6.45, 7) is 4.75. The molecule has 0 radical (unpaired) electrons. The predicted octanol–water partition coefficient (Wildman–Crippen LogP) is 2.11. The van der Waals surface area contributed by atoms with E-state index in [2.05, 4.69) is 17.4 Å². The average Bonchev–Trinajstić information content (AvgIpc) is 2.42. The molecule has 1 aromatic carbocycles. The van der Waals surface area contributed by atoms with Crippen molar-refractivity contribution in [3.05, 3.63) is 35.9 Å². The van der Waals surface area contributed by atoms with Crippen molar-refractivity contribution in [1.82, 2.24) is 5.32 Å². The summed E-state index contributed by atoms with van der Waals surface area (Å²) in [5, 5.41) is 2.90. The lowest BCUT2D eigenvalue weighted by molar-refractivity contribution is -0.123. The molecule has 1 aromatic rings. The molecule has 0 aromatic heterocycles. The maximum Gasteiger partial charge on any atom is 0.237 e. The Morgan fingerprint density at radius 2 is 2.00 bits per heavy atom. The first-order valence-corrected chi connectivity index (χ1v) is 6.72. The van der Waals surface area contributed by atoms with Crippen molar-refractivity contribution in [2.45, 2.75) is 39.2 Å². The third-order valence-electron chi connectivity index (χ3n) is 3.34. The quantitative estimate of drug-likeness (QED) is 0.726. The van der Waals surface area contributed by atoms with E-state index < -0.39 is 0 Å². The van der Waals surface area contributed by atoms with Gasteiger partial charge in [0.25, 0.3) is 0 Å². The molecule has 0 aliphatic heterocycles. The Kier molecular flexibility index (Phi) is 6.44. The van der Waals surface area contributed by atoms with Crippen LogP contribution in [-0.4, -0.2) is 18.5 Å². The molecule has 3 N–H and O–H groups in total. The normalized spacial score (nSPS) is 13.9. The number of carbonyl (C=O) groups excluding carboxylic acids is 1. The van der Waals surface area contributed by atoms with Crippen LogP contribution in [0.4, 0.5) is 0 Å². The minimum atomic E-state index is -0.383. The highest BCUT2D eigenvalue weighted by Crippen LogP contribution is 2.05. The molecule has 1 rings (SSSR count). The first kappa shape index (κ1) is 14.7. The van der Waals surface area contributed by atoms with E-state index in [0.29, 0.717) is 6.54 Å². The second kappa shape index (κ2) is 7.88. The van der Waals surface area contributed by atoms with Gasteiger partial charge in [0.1, 0.15) is 0 Å². The van der Waals surface area contributed by atoms with Gasteiger partial charge in [-0.2, -0.15) is 0 Å². The number of amides is 1. The molecule has 0 aliphatic rings. The van der Waals surface area contributed by atoms with Crippen molar-refractivity contribution in [3.63, 3.8) is 0 Å². The fourth-order valence-electron chi connectivity index (χ4n) is 1.78. The minimum absolute atomic E-state index is 0.0302. The molecule has 0 aliphatic carbocycles. The first-order valence-electron chi connectivity index (χ1n) is 6.72. The molecule has 0 fully saturated rings. The summed E-state index contributed by atoms with van der Waals surface area (Å²) in [4.78, 5) is 11.7. The molecule has 0 spiro atoms. The Morgan fingerprint density at radius 1 is 1.33 bits per heavy atom. The van der Waals surface area contributed by atoms with Crippen LogP contribution < -0.4 is 11.1 Å². The number of hydrogen-bond acceptors (Lipinski definition) is 2. The van der Waals surface area contributed by atoms with E-state index in [0.717, 1.165) is 19.3 Å². The molecule has 100 valence electrons. The SMILES string of the molecule is CCC(C)[C@H](N)C(=O)NCCCc1ccccc1. The second-order valence-electron chi connectivity index (χ2n) is 4.79. The zero-order chi connectivity index (χ0) is 13.4. The Bertz CT molecular complexity index is 351. The van der Waals surface area contributed by atoms with E-state index in [1.807, 2.05) is 32.0 Å². The van der Waals surface area contributed by atoms with Gasteiger partial charge in [-0.25, -0.2) is 0 Å². The van der Waals surface area contributed by atoms with Gasteiger partial charge < -0.3 is 11.1 Å². The molecule has 0 bridgehead atoms. The molecular formula is C15H24N2O. The lowest BCUT2D eigenvalue weighted by Crippen LogP contribution is -2.44. The summed E-state index contributed by atoms with van der Waals surface area (Å²) < 4.78 is 0. The molecule has 1 amide bonds. The molecule has 3 heteroatoms. The van der Waals surface area contributed by atoms with E-state index in [9.17, 15) is 4.79 Å². The number of carbonyl (C=O) groups is 1. The van der Waals surface area contributed by atoms with Crippen LogP contribution in [0.5, 0.6) is 0 Å².